The van der Waals surface area contributed by atoms with Gasteiger partial charge in [0.1, 0.15) is 17.4 Å². The summed E-state index contributed by atoms with van der Waals surface area (Å²) in [6.07, 6.45) is 6.74. The smallest absolute Gasteiger partial charge is 0.274 e. The lowest BCUT2D eigenvalue weighted by Gasteiger charge is -2.37. The van der Waals surface area contributed by atoms with Crippen LogP contribution < -0.4 is 5.32 Å². The molecule has 1 fully saturated rings. The van der Waals surface area contributed by atoms with Crippen LogP contribution in [0.15, 0.2) is 60.9 Å². The van der Waals surface area contributed by atoms with E-state index >= 15 is 0 Å². The zero-order chi connectivity index (χ0) is 28.9. The number of fused-ring (bicyclic) bond motifs is 1. The minimum absolute atomic E-state index is 0.0742. The second kappa shape index (κ2) is 12.7. The molecule has 1 aliphatic heterocycles. The number of hydrogen-bond acceptors (Lipinski definition) is 4. The number of amides is 3. The third-order valence-corrected chi connectivity index (χ3v) is 7.93. The van der Waals surface area contributed by atoms with E-state index < -0.39 is 11.5 Å². The second-order valence-electron chi connectivity index (χ2n) is 12.0. The van der Waals surface area contributed by atoms with Crippen LogP contribution in [0.3, 0.4) is 0 Å². The van der Waals surface area contributed by atoms with Gasteiger partial charge >= 0.3 is 0 Å². The van der Waals surface area contributed by atoms with Gasteiger partial charge in [-0.05, 0) is 48.8 Å². The highest BCUT2D eigenvalue weighted by molar-refractivity contribution is 5.93. The standard InChI is InChI=1S/C32H43N5O3/c1-6-23(2)29(38)34-28(32(3,4)5)31(40)37-19-12-15-25(37)21-36(20-17-24-13-8-7-9-14-24)30(39)26-22-35-18-11-10-16-27(35)33-26/h7-11,13-14,16,18,22-23,25,28H,6,12,15,17,19-21H2,1-5H3,(H,34,38)/t23-,25+,28-/m1/s1. The lowest BCUT2D eigenvalue weighted by Crippen LogP contribution is -2.57. The van der Waals surface area contributed by atoms with Gasteiger partial charge in [0.25, 0.3) is 5.91 Å². The first kappa shape index (κ1) is 29.3. The van der Waals surface area contributed by atoms with Crippen molar-refractivity contribution >= 4 is 23.4 Å². The molecule has 0 bridgehead atoms. The van der Waals surface area contributed by atoms with E-state index in [0.29, 0.717) is 38.2 Å². The quantitative estimate of drug-likeness (QED) is 0.404. The number of aromatic nitrogens is 2. The predicted molar refractivity (Wildman–Crippen MR) is 157 cm³/mol. The van der Waals surface area contributed by atoms with Gasteiger partial charge in [0.2, 0.25) is 11.8 Å². The molecule has 0 radical (unpaired) electrons. The Hall–Kier alpha value is -3.68. The van der Waals surface area contributed by atoms with E-state index in [1.165, 1.54) is 0 Å². The number of nitrogens with one attached hydrogen (secondary N) is 1. The Bertz CT molecular complexity index is 1280. The first-order valence-electron chi connectivity index (χ1n) is 14.5. The van der Waals surface area contributed by atoms with Crippen molar-refractivity contribution in [3.05, 3.63) is 72.2 Å². The molecule has 1 aromatic carbocycles. The van der Waals surface area contributed by atoms with Gasteiger partial charge in [0, 0.05) is 44.0 Å². The maximum absolute atomic E-state index is 14.0. The van der Waals surface area contributed by atoms with E-state index in [2.05, 4.69) is 22.4 Å². The Morgan fingerprint density at radius 1 is 1.10 bits per heavy atom. The molecule has 3 atom stereocenters. The maximum atomic E-state index is 14.0. The van der Waals surface area contributed by atoms with E-state index in [0.717, 1.165) is 24.1 Å². The molecule has 0 spiro atoms. The van der Waals surface area contributed by atoms with Crippen molar-refractivity contribution in [2.24, 2.45) is 11.3 Å². The average molecular weight is 546 g/mol. The average Bonchev–Trinajstić information content (AvgIpc) is 3.59. The van der Waals surface area contributed by atoms with Crippen molar-refractivity contribution in [2.45, 2.75) is 72.4 Å². The van der Waals surface area contributed by atoms with Crippen molar-refractivity contribution < 1.29 is 14.4 Å². The monoisotopic (exact) mass is 545 g/mol. The molecule has 0 aliphatic carbocycles. The van der Waals surface area contributed by atoms with Crippen LogP contribution in [-0.4, -0.2) is 68.6 Å². The second-order valence-corrected chi connectivity index (χ2v) is 12.0. The fourth-order valence-electron chi connectivity index (χ4n) is 5.24. The summed E-state index contributed by atoms with van der Waals surface area (Å²) in [7, 11) is 0. The van der Waals surface area contributed by atoms with Crippen molar-refractivity contribution in [3.8, 4) is 0 Å². The zero-order valence-corrected chi connectivity index (χ0v) is 24.5. The molecular formula is C32H43N5O3. The van der Waals surface area contributed by atoms with Crippen LogP contribution in [0, 0.1) is 11.3 Å². The Labute approximate surface area is 237 Å². The molecule has 2 aromatic heterocycles. The largest absolute Gasteiger partial charge is 0.344 e. The summed E-state index contributed by atoms with van der Waals surface area (Å²) in [5.74, 6) is -0.479. The summed E-state index contributed by atoms with van der Waals surface area (Å²) in [6.45, 7) is 11.4. The molecular weight excluding hydrogens is 502 g/mol. The lowest BCUT2D eigenvalue weighted by molar-refractivity contribution is -0.141. The highest BCUT2D eigenvalue weighted by Gasteiger charge is 2.40. The first-order chi connectivity index (χ1) is 19.1. The lowest BCUT2D eigenvalue weighted by atomic mass is 9.85. The van der Waals surface area contributed by atoms with E-state index in [-0.39, 0.29) is 29.7 Å². The van der Waals surface area contributed by atoms with Gasteiger partial charge in [0.15, 0.2) is 0 Å². The number of imidazole rings is 1. The molecule has 0 unspecified atom stereocenters. The minimum atomic E-state index is -0.637. The molecule has 1 aliphatic rings. The van der Waals surface area contributed by atoms with Crippen LogP contribution in [0.25, 0.3) is 5.65 Å². The van der Waals surface area contributed by atoms with E-state index in [1.54, 1.807) is 6.20 Å². The summed E-state index contributed by atoms with van der Waals surface area (Å²) in [5, 5.41) is 3.04. The van der Waals surface area contributed by atoms with E-state index in [1.807, 2.05) is 91.4 Å². The molecule has 40 heavy (non-hydrogen) atoms. The normalized spacial score (nSPS) is 17.0. The van der Waals surface area contributed by atoms with Crippen LogP contribution >= 0.6 is 0 Å². The number of carbonyl (C=O) groups is 3. The fourth-order valence-corrected chi connectivity index (χ4v) is 5.24. The van der Waals surface area contributed by atoms with Crippen LogP contribution in [-0.2, 0) is 16.0 Å². The maximum Gasteiger partial charge on any atom is 0.274 e. The third kappa shape index (κ3) is 6.90. The number of likely N-dealkylation sites (tertiary alicyclic amines) is 1. The van der Waals surface area contributed by atoms with Crippen LogP contribution in [0.1, 0.15) is 69.9 Å². The highest BCUT2D eigenvalue weighted by atomic mass is 16.2. The zero-order valence-electron chi connectivity index (χ0n) is 24.5. The van der Waals surface area contributed by atoms with Gasteiger partial charge in [0.05, 0.1) is 0 Å². The van der Waals surface area contributed by atoms with Gasteiger partial charge in [-0.1, -0.05) is 71.0 Å². The van der Waals surface area contributed by atoms with Gasteiger partial charge in [-0.15, -0.1) is 0 Å². The molecule has 3 amide bonds. The molecule has 4 rings (SSSR count). The number of rotatable bonds is 10. The van der Waals surface area contributed by atoms with E-state index in [4.69, 9.17) is 0 Å². The summed E-state index contributed by atoms with van der Waals surface area (Å²) in [6, 6.07) is 15.0. The summed E-state index contributed by atoms with van der Waals surface area (Å²) < 4.78 is 1.85. The molecule has 214 valence electrons. The van der Waals surface area contributed by atoms with Crippen molar-refractivity contribution in [3.63, 3.8) is 0 Å². The van der Waals surface area contributed by atoms with E-state index in [9.17, 15) is 14.4 Å². The number of benzene rings is 1. The SMILES string of the molecule is CC[C@@H](C)C(=O)N[C@H](C(=O)N1CCC[C@H]1CN(CCc1ccccc1)C(=O)c1cn2ccccc2n1)C(C)(C)C. The predicted octanol–water partition coefficient (Wildman–Crippen LogP) is 4.59. The van der Waals surface area contributed by atoms with Gasteiger partial charge in [-0.2, -0.15) is 0 Å². The Kier molecular flexibility index (Phi) is 9.28. The molecule has 3 heterocycles. The number of pyridine rings is 1. The summed E-state index contributed by atoms with van der Waals surface area (Å²) in [4.78, 5) is 48.9. The first-order valence-corrected chi connectivity index (χ1v) is 14.5. The number of hydrogen-bond donors (Lipinski definition) is 1. The van der Waals surface area contributed by atoms with Gasteiger partial charge < -0.3 is 19.5 Å². The van der Waals surface area contributed by atoms with Gasteiger partial charge in [-0.3, -0.25) is 14.4 Å². The molecule has 0 saturated carbocycles. The number of nitrogens with zero attached hydrogens (tertiary/aromatic N) is 4. The highest BCUT2D eigenvalue weighted by Crippen LogP contribution is 2.27. The molecule has 3 aromatic rings. The van der Waals surface area contributed by atoms with Crippen molar-refractivity contribution in [1.82, 2.24) is 24.5 Å². The Balaban J connectivity index is 1.56. The van der Waals surface area contributed by atoms with Crippen LogP contribution in [0.4, 0.5) is 0 Å². The fraction of sp³-hybridized carbons (Fsp3) is 0.500. The summed E-state index contributed by atoms with van der Waals surface area (Å²) >= 11 is 0. The third-order valence-electron chi connectivity index (χ3n) is 7.93. The van der Waals surface area contributed by atoms with Crippen molar-refractivity contribution in [1.29, 1.82) is 0 Å². The van der Waals surface area contributed by atoms with Crippen molar-refractivity contribution in [2.75, 3.05) is 19.6 Å². The van der Waals surface area contributed by atoms with Crippen LogP contribution in [0.5, 0.6) is 0 Å². The minimum Gasteiger partial charge on any atom is -0.344 e. The Morgan fingerprint density at radius 3 is 2.50 bits per heavy atom. The van der Waals surface area contributed by atoms with Gasteiger partial charge in [-0.25, -0.2) is 4.98 Å². The molecule has 8 heteroatoms. The number of carbonyl (C=O) groups excluding carboxylic acids is 3. The molecule has 1 saturated heterocycles. The molecule has 1 N–H and O–H groups in total. The van der Waals surface area contributed by atoms with Crippen LogP contribution in [0.2, 0.25) is 0 Å². The summed E-state index contributed by atoms with van der Waals surface area (Å²) in [5.41, 5.74) is 1.81. The molecule has 8 nitrogen and oxygen atoms in total. The Morgan fingerprint density at radius 2 is 1.82 bits per heavy atom. The topological polar surface area (TPSA) is 87.0 Å².